The van der Waals surface area contributed by atoms with Crippen molar-refractivity contribution in [3.05, 3.63) is 58.9 Å². The predicted molar refractivity (Wildman–Crippen MR) is 74.7 cm³/mol. The number of aryl methyl sites for hydroxylation is 1. The Morgan fingerprint density at radius 2 is 2.10 bits per heavy atom. The number of anilines is 2. The summed E-state index contributed by atoms with van der Waals surface area (Å²) in [6.07, 6.45) is 0. The number of carbonyl (C=O) groups is 1. The first-order valence-corrected chi connectivity index (χ1v) is 5.89. The van der Waals surface area contributed by atoms with Crippen LogP contribution in [0.15, 0.2) is 36.4 Å². The molecule has 4 nitrogen and oxygen atoms in total. The van der Waals surface area contributed by atoms with E-state index in [1.807, 2.05) is 6.92 Å². The Morgan fingerprint density at radius 3 is 2.75 bits per heavy atom. The second-order valence-corrected chi connectivity index (χ2v) is 4.32. The average molecular weight is 269 g/mol. The summed E-state index contributed by atoms with van der Waals surface area (Å²) in [5, 5.41) is 11.4. The van der Waals surface area contributed by atoms with Crippen molar-refractivity contribution in [2.24, 2.45) is 0 Å². The van der Waals surface area contributed by atoms with E-state index < -0.39 is 11.7 Å². The molecule has 0 fully saturated rings. The average Bonchev–Trinajstić information content (AvgIpc) is 2.38. The van der Waals surface area contributed by atoms with Gasteiger partial charge >= 0.3 is 0 Å². The number of hydrogen-bond acceptors (Lipinski definition) is 3. The van der Waals surface area contributed by atoms with E-state index in [-0.39, 0.29) is 16.8 Å². The standard InChI is InChI=1S/C15H12FN3O/c1-9-5-6-10(13(18)7-9)15(20)19-14-4-2-3-12(16)11(14)8-17/h2-7H,18H2,1H3,(H,19,20). The number of amides is 1. The summed E-state index contributed by atoms with van der Waals surface area (Å²) < 4.78 is 13.4. The third kappa shape index (κ3) is 2.59. The van der Waals surface area contributed by atoms with E-state index in [0.29, 0.717) is 5.69 Å². The van der Waals surface area contributed by atoms with E-state index in [0.717, 1.165) is 11.6 Å². The van der Waals surface area contributed by atoms with Crippen molar-refractivity contribution in [3.8, 4) is 6.07 Å². The third-order valence-electron chi connectivity index (χ3n) is 2.83. The van der Waals surface area contributed by atoms with Crippen LogP contribution in [0.1, 0.15) is 21.5 Å². The van der Waals surface area contributed by atoms with Gasteiger partial charge < -0.3 is 11.1 Å². The van der Waals surface area contributed by atoms with Crippen molar-refractivity contribution in [3.63, 3.8) is 0 Å². The summed E-state index contributed by atoms with van der Waals surface area (Å²) in [6, 6.07) is 10.8. The molecule has 100 valence electrons. The Balaban J connectivity index is 2.33. The highest BCUT2D eigenvalue weighted by atomic mass is 19.1. The molecule has 0 atom stereocenters. The number of nitrogens with zero attached hydrogens (tertiary/aromatic N) is 1. The molecule has 0 bridgehead atoms. The van der Waals surface area contributed by atoms with Crippen LogP contribution in [0.25, 0.3) is 0 Å². The molecular formula is C15H12FN3O. The number of hydrogen-bond donors (Lipinski definition) is 2. The van der Waals surface area contributed by atoms with Gasteiger partial charge in [0, 0.05) is 5.69 Å². The lowest BCUT2D eigenvalue weighted by Crippen LogP contribution is -2.15. The highest BCUT2D eigenvalue weighted by Crippen LogP contribution is 2.20. The minimum absolute atomic E-state index is 0.123. The minimum Gasteiger partial charge on any atom is -0.398 e. The van der Waals surface area contributed by atoms with E-state index in [9.17, 15) is 9.18 Å². The summed E-state index contributed by atoms with van der Waals surface area (Å²) >= 11 is 0. The van der Waals surface area contributed by atoms with Gasteiger partial charge in [-0.05, 0) is 36.8 Å². The third-order valence-corrected chi connectivity index (χ3v) is 2.83. The molecule has 5 heteroatoms. The quantitative estimate of drug-likeness (QED) is 0.823. The van der Waals surface area contributed by atoms with Gasteiger partial charge in [0.15, 0.2) is 0 Å². The zero-order chi connectivity index (χ0) is 14.7. The number of nitriles is 1. The van der Waals surface area contributed by atoms with Gasteiger partial charge in [-0.25, -0.2) is 4.39 Å². The second-order valence-electron chi connectivity index (χ2n) is 4.32. The molecule has 0 aliphatic rings. The van der Waals surface area contributed by atoms with Crippen molar-refractivity contribution in [1.29, 1.82) is 5.26 Å². The topological polar surface area (TPSA) is 78.9 Å². The first kappa shape index (κ1) is 13.6. The Labute approximate surface area is 115 Å². The van der Waals surface area contributed by atoms with Crippen LogP contribution in [0.2, 0.25) is 0 Å². The summed E-state index contributed by atoms with van der Waals surface area (Å²) in [4.78, 5) is 12.1. The number of nitrogens with one attached hydrogen (secondary N) is 1. The van der Waals surface area contributed by atoms with Crippen LogP contribution in [0.5, 0.6) is 0 Å². The molecule has 0 radical (unpaired) electrons. The molecule has 2 rings (SSSR count). The van der Waals surface area contributed by atoms with Crippen molar-refractivity contribution in [2.75, 3.05) is 11.1 Å². The van der Waals surface area contributed by atoms with Gasteiger partial charge in [0.1, 0.15) is 17.4 Å². The van der Waals surface area contributed by atoms with Crippen LogP contribution in [-0.2, 0) is 0 Å². The molecule has 3 N–H and O–H groups in total. The molecule has 20 heavy (non-hydrogen) atoms. The SMILES string of the molecule is Cc1ccc(C(=O)Nc2cccc(F)c2C#N)c(N)c1. The van der Waals surface area contributed by atoms with Gasteiger partial charge in [-0.1, -0.05) is 12.1 Å². The summed E-state index contributed by atoms with van der Waals surface area (Å²) in [7, 11) is 0. The molecule has 0 saturated carbocycles. The highest BCUT2D eigenvalue weighted by molar-refractivity contribution is 6.08. The summed E-state index contributed by atoms with van der Waals surface area (Å²) in [5.74, 6) is -1.16. The minimum atomic E-state index is -0.679. The maximum absolute atomic E-state index is 13.4. The maximum atomic E-state index is 13.4. The highest BCUT2D eigenvalue weighted by Gasteiger charge is 2.14. The fraction of sp³-hybridized carbons (Fsp3) is 0.0667. The molecule has 2 aromatic carbocycles. The number of rotatable bonds is 2. The maximum Gasteiger partial charge on any atom is 0.257 e. The van der Waals surface area contributed by atoms with Crippen molar-refractivity contribution < 1.29 is 9.18 Å². The van der Waals surface area contributed by atoms with Crippen LogP contribution in [-0.4, -0.2) is 5.91 Å². The number of nitrogens with two attached hydrogens (primary N) is 1. The Kier molecular flexibility index (Phi) is 3.67. The molecule has 0 heterocycles. The Bertz CT molecular complexity index is 720. The number of nitrogen functional groups attached to an aromatic ring is 1. The zero-order valence-corrected chi connectivity index (χ0v) is 10.8. The molecule has 0 spiro atoms. The molecule has 0 aliphatic carbocycles. The van der Waals surface area contributed by atoms with Crippen molar-refractivity contribution >= 4 is 17.3 Å². The first-order valence-electron chi connectivity index (χ1n) is 5.89. The van der Waals surface area contributed by atoms with Crippen LogP contribution >= 0.6 is 0 Å². The van der Waals surface area contributed by atoms with Crippen LogP contribution in [0.4, 0.5) is 15.8 Å². The molecule has 0 unspecified atom stereocenters. The molecule has 0 aliphatic heterocycles. The van der Waals surface area contributed by atoms with Crippen LogP contribution < -0.4 is 11.1 Å². The normalized spacial score (nSPS) is 9.85. The lowest BCUT2D eigenvalue weighted by molar-refractivity contribution is 0.102. The van der Waals surface area contributed by atoms with Crippen molar-refractivity contribution in [2.45, 2.75) is 6.92 Å². The second kappa shape index (κ2) is 5.41. The largest absolute Gasteiger partial charge is 0.398 e. The van der Waals surface area contributed by atoms with Gasteiger partial charge in [0.05, 0.1) is 11.3 Å². The van der Waals surface area contributed by atoms with E-state index in [2.05, 4.69) is 5.32 Å². The van der Waals surface area contributed by atoms with E-state index >= 15 is 0 Å². The lowest BCUT2D eigenvalue weighted by Gasteiger charge is -2.09. The summed E-state index contributed by atoms with van der Waals surface area (Å²) in [5.41, 5.74) is 7.24. The molecular weight excluding hydrogens is 257 g/mol. The lowest BCUT2D eigenvalue weighted by atomic mass is 10.1. The molecule has 0 saturated heterocycles. The van der Waals surface area contributed by atoms with Gasteiger partial charge in [-0.2, -0.15) is 5.26 Å². The molecule has 0 aromatic heterocycles. The van der Waals surface area contributed by atoms with Gasteiger partial charge in [-0.3, -0.25) is 4.79 Å². The molecule has 2 aromatic rings. The molecule has 1 amide bonds. The van der Waals surface area contributed by atoms with E-state index in [1.54, 1.807) is 24.3 Å². The van der Waals surface area contributed by atoms with E-state index in [4.69, 9.17) is 11.0 Å². The number of benzene rings is 2. The Morgan fingerprint density at radius 1 is 1.35 bits per heavy atom. The fourth-order valence-electron chi connectivity index (χ4n) is 1.82. The predicted octanol–water partition coefficient (Wildman–Crippen LogP) is 2.84. The Hall–Kier alpha value is -2.87. The van der Waals surface area contributed by atoms with Gasteiger partial charge in [0.2, 0.25) is 0 Å². The smallest absolute Gasteiger partial charge is 0.257 e. The first-order chi connectivity index (χ1) is 9.52. The number of halogens is 1. The van der Waals surface area contributed by atoms with E-state index in [1.165, 1.54) is 12.1 Å². The fourth-order valence-corrected chi connectivity index (χ4v) is 1.82. The summed E-state index contributed by atoms with van der Waals surface area (Å²) in [6.45, 7) is 1.86. The van der Waals surface area contributed by atoms with Crippen LogP contribution in [0.3, 0.4) is 0 Å². The van der Waals surface area contributed by atoms with Crippen molar-refractivity contribution in [1.82, 2.24) is 0 Å². The zero-order valence-electron chi connectivity index (χ0n) is 10.8. The van der Waals surface area contributed by atoms with Gasteiger partial charge in [-0.15, -0.1) is 0 Å². The monoisotopic (exact) mass is 269 g/mol. The van der Waals surface area contributed by atoms with Gasteiger partial charge in [0.25, 0.3) is 5.91 Å². The van der Waals surface area contributed by atoms with Crippen LogP contribution in [0, 0.1) is 24.1 Å². The number of carbonyl (C=O) groups excluding carboxylic acids is 1.